The molecular formula is C13H25N3. The molecule has 0 fully saturated rings. The van der Waals surface area contributed by atoms with Gasteiger partial charge in [0, 0.05) is 24.8 Å². The molecule has 1 rings (SSSR count). The highest BCUT2D eigenvalue weighted by atomic mass is 15.3. The second kappa shape index (κ2) is 5.00. The summed E-state index contributed by atoms with van der Waals surface area (Å²) in [6, 6.07) is 0.385. The van der Waals surface area contributed by atoms with Crippen LogP contribution < -0.4 is 5.32 Å². The van der Waals surface area contributed by atoms with Crippen LogP contribution in [0.15, 0.2) is 6.20 Å². The Morgan fingerprint density at radius 2 is 2.06 bits per heavy atom. The molecule has 0 radical (unpaired) electrons. The highest BCUT2D eigenvalue weighted by molar-refractivity contribution is 5.19. The van der Waals surface area contributed by atoms with Crippen LogP contribution in [0.3, 0.4) is 0 Å². The fourth-order valence-electron chi connectivity index (χ4n) is 1.82. The first kappa shape index (κ1) is 13.2. The van der Waals surface area contributed by atoms with Crippen molar-refractivity contribution in [1.82, 2.24) is 15.1 Å². The Morgan fingerprint density at radius 1 is 1.44 bits per heavy atom. The van der Waals surface area contributed by atoms with Crippen molar-refractivity contribution in [2.75, 3.05) is 6.54 Å². The normalized spacial score (nSPS) is 14.1. The van der Waals surface area contributed by atoms with Crippen molar-refractivity contribution in [1.29, 1.82) is 0 Å². The molecule has 0 spiro atoms. The second-order valence-electron chi connectivity index (χ2n) is 5.83. The van der Waals surface area contributed by atoms with Crippen molar-refractivity contribution >= 4 is 0 Å². The van der Waals surface area contributed by atoms with Gasteiger partial charge in [0.2, 0.25) is 0 Å². The summed E-state index contributed by atoms with van der Waals surface area (Å²) in [6.45, 7) is 12.1. The van der Waals surface area contributed by atoms with E-state index < -0.39 is 0 Å². The minimum atomic E-state index is 0.385. The smallest absolute Gasteiger partial charge is 0.0641 e. The van der Waals surface area contributed by atoms with Crippen LogP contribution in [0.1, 0.15) is 51.4 Å². The van der Waals surface area contributed by atoms with Gasteiger partial charge in [-0.25, -0.2) is 0 Å². The molecule has 1 unspecified atom stereocenters. The predicted molar refractivity (Wildman–Crippen MR) is 68.4 cm³/mol. The summed E-state index contributed by atoms with van der Waals surface area (Å²) in [7, 11) is 1.97. The average Bonchev–Trinajstić information content (AvgIpc) is 2.43. The van der Waals surface area contributed by atoms with Crippen molar-refractivity contribution in [3.63, 3.8) is 0 Å². The highest BCUT2D eigenvalue weighted by Gasteiger charge is 2.13. The fraction of sp³-hybridized carbons (Fsp3) is 0.769. The van der Waals surface area contributed by atoms with Gasteiger partial charge in [0.05, 0.1) is 5.69 Å². The van der Waals surface area contributed by atoms with Crippen molar-refractivity contribution in [2.24, 2.45) is 12.5 Å². The zero-order valence-corrected chi connectivity index (χ0v) is 11.5. The zero-order chi connectivity index (χ0) is 12.3. The number of aromatic nitrogens is 2. The molecule has 3 nitrogen and oxygen atoms in total. The molecule has 1 aromatic rings. The molecule has 1 aromatic heterocycles. The molecule has 1 heterocycles. The Labute approximate surface area is 99.2 Å². The molecule has 0 aliphatic carbocycles. The van der Waals surface area contributed by atoms with E-state index in [-0.39, 0.29) is 0 Å². The van der Waals surface area contributed by atoms with E-state index in [9.17, 15) is 0 Å². The average molecular weight is 223 g/mol. The van der Waals surface area contributed by atoms with Crippen LogP contribution in [0.4, 0.5) is 0 Å². The summed E-state index contributed by atoms with van der Waals surface area (Å²) >= 11 is 0. The lowest BCUT2D eigenvalue weighted by molar-refractivity contribution is 0.358. The summed E-state index contributed by atoms with van der Waals surface area (Å²) < 4.78 is 1.88. The van der Waals surface area contributed by atoms with Crippen LogP contribution in [0.2, 0.25) is 0 Å². The van der Waals surface area contributed by atoms with Gasteiger partial charge in [0.15, 0.2) is 0 Å². The summed E-state index contributed by atoms with van der Waals surface area (Å²) in [5.41, 5.74) is 2.83. The molecule has 0 saturated heterocycles. The molecule has 0 aliphatic heterocycles. The zero-order valence-electron chi connectivity index (χ0n) is 11.5. The van der Waals surface area contributed by atoms with E-state index in [0.29, 0.717) is 11.5 Å². The SMILES string of the molecule is Cc1nn(C)cc1C(C)NCCC(C)(C)C. The maximum atomic E-state index is 4.37. The van der Waals surface area contributed by atoms with Crippen molar-refractivity contribution in [2.45, 2.75) is 47.1 Å². The lowest BCUT2D eigenvalue weighted by Gasteiger charge is -2.20. The summed E-state index contributed by atoms with van der Waals surface area (Å²) in [5.74, 6) is 0. The number of rotatable bonds is 4. The Bertz CT molecular complexity index is 333. The van der Waals surface area contributed by atoms with Gasteiger partial charge in [-0.2, -0.15) is 5.10 Å². The number of nitrogens with zero attached hydrogens (tertiary/aromatic N) is 2. The number of hydrogen-bond acceptors (Lipinski definition) is 2. The molecule has 3 heteroatoms. The van der Waals surface area contributed by atoms with Crippen molar-refractivity contribution in [3.05, 3.63) is 17.5 Å². The first-order chi connectivity index (χ1) is 7.29. The minimum Gasteiger partial charge on any atom is -0.310 e. The second-order valence-corrected chi connectivity index (χ2v) is 5.83. The number of aryl methyl sites for hydroxylation is 2. The Balaban J connectivity index is 2.47. The van der Waals surface area contributed by atoms with Gasteiger partial charge in [-0.1, -0.05) is 20.8 Å². The van der Waals surface area contributed by atoms with E-state index in [1.54, 1.807) is 0 Å². The monoisotopic (exact) mass is 223 g/mol. The van der Waals surface area contributed by atoms with E-state index >= 15 is 0 Å². The van der Waals surface area contributed by atoms with Gasteiger partial charge >= 0.3 is 0 Å². The van der Waals surface area contributed by atoms with Crippen LogP contribution in [0.25, 0.3) is 0 Å². The molecule has 92 valence electrons. The largest absolute Gasteiger partial charge is 0.310 e. The fourth-order valence-corrected chi connectivity index (χ4v) is 1.82. The Kier molecular flexibility index (Phi) is 4.14. The van der Waals surface area contributed by atoms with Crippen LogP contribution in [-0.2, 0) is 7.05 Å². The molecule has 0 amide bonds. The third-order valence-electron chi connectivity index (χ3n) is 2.84. The Hall–Kier alpha value is -0.830. The molecule has 0 aliphatic rings. The van der Waals surface area contributed by atoms with E-state index in [1.165, 1.54) is 12.0 Å². The molecule has 0 aromatic carbocycles. The van der Waals surface area contributed by atoms with Gasteiger partial charge < -0.3 is 5.32 Å². The first-order valence-electron chi connectivity index (χ1n) is 6.03. The van der Waals surface area contributed by atoms with Gasteiger partial charge in [0.25, 0.3) is 0 Å². The molecule has 1 N–H and O–H groups in total. The Morgan fingerprint density at radius 3 is 2.50 bits per heavy atom. The van der Waals surface area contributed by atoms with Crippen LogP contribution in [0, 0.1) is 12.3 Å². The van der Waals surface area contributed by atoms with Crippen LogP contribution in [-0.4, -0.2) is 16.3 Å². The summed E-state index contributed by atoms with van der Waals surface area (Å²) in [4.78, 5) is 0. The third-order valence-corrected chi connectivity index (χ3v) is 2.84. The first-order valence-corrected chi connectivity index (χ1v) is 6.03. The summed E-state index contributed by atoms with van der Waals surface area (Å²) in [6.07, 6.45) is 3.29. The van der Waals surface area contributed by atoms with E-state index in [0.717, 1.165) is 12.2 Å². The van der Waals surface area contributed by atoms with Crippen molar-refractivity contribution in [3.8, 4) is 0 Å². The number of hydrogen-bond donors (Lipinski definition) is 1. The standard InChI is InChI=1S/C13H25N3/c1-10(14-8-7-13(3,4)5)12-9-16(6)15-11(12)2/h9-10,14H,7-8H2,1-6H3. The third kappa shape index (κ3) is 3.97. The van der Waals surface area contributed by atoms with Crippen molar-refractivity contribution < 1.29 is 0 Å². The molecule has 1 atom stereocenters. The van der Waals surface area contributed by atoms with Gasteiger partial charge in [-0.15, -0.1) is 0 Å². The summed E-state index contributed by atoms with van der Waals surface area (Å²) in [5, 5.41) is 7.92. The van der Waals surface area contributed by atoms with Gasteiger partial charge in [-0.05, 0) is 32.2 Å². The van der Waals surface area contributed by atoms with Gasteiger partial charge in [-0.3, -0.25) is 4.68 Å². The number of nitrogens with one attached hydrogen (secondary N) is 1. The topological polar surface area (TPSA) is 29.9 Å². The molecule has 0 bridgehead atoms. The van der Waals surface area contributed by atoms with Gasteiger partial charge in [0.1, 0.15) is 0 Å². The molecular weight excluding hydrogens is 198 g/mol. The maximum absolute atomic E-state index is 4.37. The molecule has 16 heavy (non-hydrogen) atoms. The highest BCUT2D eigenvalue weighted by Crippen LogP contribution is 2.19. The van der Waals surface area contributed by atoms with E-state index in [2.05, 4.69) is 51.2 Å². The minimum absolute atomic E-state index is 0.385. The van der Waals surface area contributed by atoms with Crippen LogP contribution in [0.5, 0.6) is 0 Å². The predicted octanol–water partition coefficient (Wildman–Crippen LogP) is 2.82. The van der Waals surface area contributed by atoms with Crippen LogP contribution >= 0.6 is 0 Å². The van der Waals surface area contributed by atoms with E-state index in [1.807, 2.05) is 11.7 Å². The quantitative estimate of drug-likeness (QED) is 0.850. The van der Waals surface area contributed by atoms with E-state index in [4.69, 9.17) is 0 Å². The lowest BCUT2D eigenvalue weighted by atomic mass is 9.92. The molecule has 0 saturated carbocycles. The lowest BCUT2D eigenvalue weighted by Crippen LogP contribution is -2.23. The maximum Gasteiger partial charge on any atom is 0.0641 e.